The predicted octanol–water partition coefficient (Wildman–Crippen LogP) is 1.74. The average molecular weight is 220 g/mol. The van der Waals surface area contributed by atoms with Crippen molar-refractivity contribution in [3.05, 3.63) is 23.8 Å². The normalized spacial score (nSPS) is 18.8. The summed E-state index contributed by atoms with van der Waals surface area (Å²) in [7, 11) is 0. The summed E-state index contributed by atoms with van der Waals surface area (Å²) in [4.78, 5) is 0. The summed E-state index contributed by atoms with van der Waals surface area (Å²) in [6.45, 7) is 0.126. The van der Waals surface area contributed by atoms with Gasteiger partial charge in [0.05, 0.1) is 0 Å². The lowest BCUT2D eigenvalue weighted by molar-refractivity contribution is -0.0921. The van der Waals surface area contributed by atoms with E-state index in [0.717, 1.165) is 6.08 Å². The average Bonchev–Trinajstić information content (AvgIpc) is 2.92. The molecule has 0 aromatic rings. The van der Waals surface area contributed by atoms with Crippen molar-refractivity contribution < 1.29 is 13.2 Å². The number of hydrogen-bond acceptors (Lipinski definition) is 2. The van der Waals surface area contributed by atoms with Crippen molar-refractivity contribution in [2.75, 3.05) is 13.1 Å². The number of hydrogen-bond donors (Lipinski definition) is 2. The molecule has 1 rings (SSSR count). The van der Waals surface area contributed by atoms with Crippen LogP contribution >= 0.6 is 0 Å². The molecular weight excluding hydrogens is 205 g/mol. The number of nitrogens with one attached hydrogen (secondary N) is 1. The SMILES string of the molecule is NC/C(=C\C=C\CNC1CC1)C(F)(F)F. The lowest BCUT2D eigenvalue weighted by atomic mass is 10.2. The second-order valence-electron chi connectivity index (χ2n) is 3.50. The molecule has 0 unspecified atom stereocenters. The maximum absolute atomic E-state index is 12.2. The van der Waals surface area contributed by atoms with Crippen molar-refractivity contribution in [3.8, 4) is 0 Å². The van der Waals surface area contributed by atoms with Gasteiger partial charge in [-0.1, -0.05) is 18.2 Å². The van der Waals surface area contributed by atoms with Gasteiger partial charge in [-0.05, 0) is 12.8 Å². The Balaban J connectivity index is 2.31. The lowest BCUT2D eigenvalue weighted by Gasteiger charge is -2.07. The van der Waals surface area contributed by atoms with Crippen molar-refractivity contribution in [1.82, 2.24) is 5.32 Å². The van der Waals surface area contributed by atoms with E-state index in [1.807, 2.05) is 0 Å². The molecule has 5 heteroatoms. The van der Waals surface area contributed by atoms with E-state index in [2.05, 4.69) is 5.32 Å². The Morgan fingerprint density at radius 1 is 1.40 bits per heavy atom. The van der Waals surface area contributed by atoms with E-state index in [9.17, 15) is 13.2 Å². The Hall–Kier alpha value is -0.810. The number of rotatable bonds is 5. The molecule has 0 aromatic heterocycles. The topological polar surface area (TPSA) is 38.0 Å². The lowest BCUT2D eigenvalue weighted by Crippen LogP contribution is -2.19. The molecule has 1 aliphatic carbocycles. The highest BCUT2D eigenvalue weighted by Gasteiger charge is 2.31. The van der Waals surface area contributed by atoms with Crippen molar-refractivity contribution >= 4 is 0 Å². The van der Waals surface area contributed by atoms with Gasteiger partial charge in [-0.2, -0.15) is 13.2 Å². The first-order chi connectivity index (χ1) is 7.04. The Bertz CT molecular complexity index is 252. The predicted molar refractivity (Wildman–Crippen MR) is 53.4 cm³/mol. The summed E-state index contributed by atoms with van der Waals surface area (Å²) >= 11 is 0. The van der Waals surface area contributed by atoms with Gasteiger partial charge in [0.1, 0.15) is 0 Å². The van der Waals surface area contributed by atoms with Crippen LogP contribution in [-0.4, -0.2) is 25.3 Å². The molecule has 0 aliphatic heterocycles. The first-order valence-electron chi connectivity index (χ1n) is 4.90. The largest absolute Gasteiger partial charge is 0.413 e. The summed E-state index contributed by atoms with van der Waals surface area (Å²) < 4.78 is 36.5. The molecule has 0 heterocycles. The van der Waals surface area contributed by atoms with Crippen LogP contribution in [0.25, 0.3) is 0 Å². The van der Waals surface area contributed by atoms with Crippen LogP contribution in [0.3, 0.4) is 0 Å². The fourth-order valence-electron chi connectivity index (χ4n) is 1.05. The quantitative estimate of drug-likeness (QED) is 0.693. The summed E-state index contributed by atoms with van der Waals surface area (Å²) in [6, 6.07) is 0.565. The smallest absolute Gasteiger partial charge is 0.326 e. The molecule has 0 atom stereocenters. The van der Waals surface area contributed by atoms with E-state index >= 15 is 0 Å². The van der Waals surface area contributed by atoms with Crippen molar-refractivity contribution in [2.45, 2.75) is 25.1 Å². The highest BCUT2D eigenvalue weighted by Crippen LogP contribution is 2.24. The highest BCUT2D eigenvalue weighted by atomic mass is 19.4. The molecule has 1 aliphatic rings. The number of nitrogens with two attached hydrogens (primary N) is 1. The van der Waals surface area contributed by atoms with Gasteiger partial charge < -0.3 is 11.1 Å². The second-order valence-corrected chi connectivity index (χ2v) is 3.50. The minimum Gasteiger partial charge on any atom is -0.326 e. The van der Waals surface area contributed by atoms with E-state index in [0.29, 0.717) is 12.6 Å². The van der Waals surface area contributed by atoms with E-state index in [1.165, 1.54) is 18.9 Å². The van der Waals surface area contributed by atoms with Gasteiger partial charge in [-0.15, -0.1) is 0 Å². The van der Waals surface area contributed by atoms with Crippen LogP contribution in [0.4, 0.5) is 13.2 Å². The molecule has 15 heavy (non-hydrogen) atoms. The van der Waals surface area contributed by atoms with E-state index < -0.39 is 18.3 Å². The summed E-state index contributed by atoms with van der Waals surface area (Å²) in [5.74, 6) is 0. The molecule has 0 amide bonds. The summed E-state index contributed by atoms with van der Waals surface area (Å²) in [5, 5.41) is 3.16. The Morgan fingerprint density at radius 2 is 2.07 bits per heavy atom. The van der Waals surface area contributed by atoms with Crippen molar-refractivity contribution in [1.29, 1.82) is 0 Å². The second kappa shape index (κ2) is 5.32. The molecule has 3 N–H and O–H groups in total. The first kappa shape index (κ1) is 12.3. The fourth-order valence-corrected chi connectivity index (χ4v) is 1.05. The van der Waals surface area contributed by atoms with E-state index in [4.69, 9.17) is 5.73 Å². The molecule has 2 nitrogen and oxygen atoms in total. The molecule has 0 spiro atoms. The molecule has 86 valence electrons. The summed E-state index contributed by atoms with van der Waals surface area (Å²) in [5.41, 5.74) is 4.29. The fraction of sp³-hybridized carbons (Fsp3) is 0.600. The number of halogens is 3. The molecule has 0 bridgehead atoms. The van der Waals surface area contributed by atoms with Gasteiger partial charge in [0.2, 0.25) is 0 Å². The maximum atomic E-state index is 12.2. The van der Waals surface area contributed by atoms with Crippen LogP contribution in [0.5, 0.6) is 0 Å². The molecule has 1 saturated carbocycles. The van der Waals surface area contributed by atoms with Gasteiger partial charge in [0, 0.05) is 24.7 Å². The van der Waals surface area contributed by atoms with Gasteiger partial charge in [0.25, 0.3) is 0 Å². The van der Waals surface area contributed by atoms with Crippen molar-refractivity contribution in [2.24, 2.45) is 5.73 Å². The minimum atomic E-state index is -4.32. The van der Waals surface area contributed by atoms with Crippen LogP contribution < -0.4 is 11.1 Å². The third-order valence-corrected chi connectivity index (χ3v) is 2.12. The first-order valence-corrected chi connectivity index (χ1v) is 4.90. The zero-order valence-corrected chi connectivity index (χ0v) is 8.35. The third-order valence-electron chi connectivity index (χ3n) is 2.12. The van der Waals surface area contributed by atoms with Crippen LogP contribution in [0.1, 0.15) is 12.8 Å². The van der Waals surface area contributed by atoms with Crippen LogP contribution in [0.15, 0.2) is 23.8 Å². The van der Waals surface area contributed by atoms with Crippen LogP contribution in [-0.2, 0) is 0 Å². The Labute approximate surface area is 87.0 Å². The monoisotopic (exact) mass is 220 g/mol. The van der Waals surface area contributed by atoms with Gasteiger partial charge in [-0.25, -0.2) is 0 Å². The Kier molecular flexibility index (Phi) is 4.35. The number of alkyl halides is 3. The van der Waals surface area contributed by atoms with Gasteiger partial charge in [0.15, 0.2) is 0 Å². The van der Waals surface area contributed by atoms with Crippen LogP contribution in [0.2, 0.25) is 0 Å². The molecule has 1 fully saturated rings. The molecule has 0 radical (unpaired) electrons. The zero-order chi connectivity index (χ0) is 11.3. The zero-order valence-electron chi connectivity index (χ0n) is 8.35. The Morgan fingerprint density at radius 3 is 2.53 bits per heavy atom. The van der Waals surface area contributed by atoms with Gasteiger partial charge >= 0.3 is 6.18 Å². The summed E-state index contributed by atoms with van der Waals surface area (Å²) in [6.07, 6.45) is 2.10. The standard InChI is InChI=1S/C10H15F3N2/c11-10(12,13)8(7-14)3-1-2-6-15-9-4-5-9/h1-3,9,15H,4-7,14H2/b2-1+,8-3+. The maximum Gasteiger partial charge on any atom is 0.413 e. The number of allylic oxidation sites excluding steroid dienone is 2. The third kappa shape index (κ3) is 4.99. The van der Waals surface area contributed by atoms with E-state index in [-0.39, 0.29) is 0 Å². The van der Waals surface area contributed by atoms with E-state index in [1.54, 1.807) is 6.08 Å². The molecule has 0 saturated heterocycles. The molecule has 0 aromatic carbocycles. The molecular formula is C10H15F3N2. The highest BCUT2D eigenvalue weighted by molar-refractivity contribution is 5.18. The van der Waals surface area contributed by atoms with Crippen molar-refractivity contribution in [3.63, 3.8) is 0 Å². The van der Waals surface area contributed by atoms with Gasteiger partial charge in [-0.3, -0.25) is 0 Å². The minimum absolute atomic E-state index is 0.482. The van der Waals surface area contributed by atoms with Crippen LogP contribution in [0, 0.1) is 0 Å².